The van der Waals surface area contributed by atoms with Crippen molar-refractivity contribution in [3.05, 3.63) is 65.7 Å². The van der Waals surface area contributed by atoms with Crippen LogP contribution in [-0.2, 0) is 13.1 Å². The zero-order valence-electron chi connectivity index (χ0n) is 16.4. The third kappa shape index (κ3) is 9.10. The number of hydrogen-bond acceptors (Lipinski definition) is 3. The maximum absolute atomic E-state index is 5.19. The molecule has 0 aliphatic heterocycles. The van der Waals surface area contributed by atoms with Gasteiger partial charge >= 0.3 is 0 Å². The number of hydrogen-bond donors (Lipinski definition) is 2. The van der Waals surface area contributed by atoms with Gasteiger partial charge in [0.1, 0.15) is 5.75 Å². The molecule has 5 nitrogen and oxygen atoms in total. The minimum atomic E-state index is 0. The molecule has 0 spiro atoms. The number of guanidine groups is 1. The summed E-state index contributed by atoms with van der Waals surface area (Å²) in [6, 6.07) is 18.5. The highest BCUT2D eigenvalue weighted by molar-refractivity contribution is 14.0. The van der Waals surface area contributed by atoms with Crippen molar-refractivity contribution in [2.75, 3.05) is 33.8 Å². The fourth-order valence-electron chi connectivity index (χ4n) is 2.58. The molecule has 0 heterocycles. The predicted molar refractivity (Wildman–Crippen MR) is 124 cm³/mol. The number of ether oxygens (including phenoxy) is 1. The normalized spacial score (nSPS) is 11.0. The van der Waals surface area contributed by atoms with E-state index in [1.807, 2.05) is 30.3 Å². The van der Waals surface area contributed by atoms with Crippen LogP contribution in [0.15, 0.2) is 59.6 Å². The molecule has 27 heavy (non-hydrogen) atoms. The maximum atomic E-state index is 5.19. The Bertz CT molecular complexity index is 662. The Morgan fingerprint density at radius 1 is 1.00 bits per heavy atom. The number of aliphatic imine (C=N–C) groups is 1. The molecule has 0 fully saturated rings. The van der Waals surface area contributed by atoms with Crippen molar-refractivity contribution in [2.24, 2.45) is 4.99 Å². The maximum Gasteiger partial charge on any atom is 0.191 e. The van der Waals surface area contributed by atoms with Crippen LogP contribution >= 0.6 is 24.0 Å². The van der Waals surface area contributed by atoms with Gasteiger partial charge in [0.05, 0.1) is 13.7 Å². The van der Waals surface area contributed by atoms with Crippen molar-refractivity contribution in [3.63, 3.8) is 0 Å². The first-order valence-electron chi connectivity index (χ1n) is 9.09. The molecule has 6 heteroatoms. The summed E-state index contributed by atoms with van der Waals surface area (Å²) in [6.07, 6.45) is 0. The van der Waals surface area contributed by atoms with E-state index in [2.05, 4.69) is 58.8 Å². The summed E-state index contributed by atoms with van der Waals surface area (Å²) in [5, 5.41) is 6.70. The number of benzene rings is 2. The molecular weight excluding hydrogens is 451 g/mol. The standard InChI is InChI=1S/C21H30N4O.HI/c1-4-22-21(24-16-18-10-12-20(26-3)13-11-18)23-14-15-25(2)17-19-8-6-5-7-9-19;/h5-13H,4,14-17H2,1-3H3,(H2,22,23,24);1H. The largest absolute Gasteiger partial charge is 0.497 e. The lowest BCUT2D eigenvalue weighted by Crippen LogP contribution is -2.40. The first-order valence-corrected chi connectivity index (χ1v) is 9.09. The Morgan fingerprint density at radius 3 is 2.33 bits per heavy atom. The second kappa shape index (κ2) is 13.4. The van der Waals surface area contributed by atoms with E-state index in [1.54, 1.807) is 7.11 Å². The minimum Gasteiger partial charge on any atom is -0.497 e. The molecule has 0 bridgehead atoms. The van der Waals surface area contributed by atoms with Crippen molar-refractivity contribution < 1.29 is 4.74 Å². The number of rotatable bonds is 9. The van der Waals surface area contributed by atoms with Gasteiger partial charge in [0, 0.05) is 26.2 Å². The lowest BCUT2D eigenvalue weighted by Gasteiger charge is -2.18. The summed E-state index contributed by atoms with van der Waals surface area (Å²) in [4.78, 5) is 6.96. The summed E-state index contributed by atoms with van der Waals surface area (Å²) >= 11 is 0. The molecule has 0 saturated heterocycles. The molecule has 0 amide bonds. The number of nitrogens with zero attached hydrogens (tertiary/aromatic N) is 2. The molecule has 2 aromatic carbocycles. The van der Waals surface area contributed by atoms with Gasteiger partial charge in [-0.2, -0.15) is 0 Å². The zero-order chi connectivity index (χ0) is 18.6. The number of methoxy groups -OCH3 is 1. The molecule has 2 rings (SSSR count). The topological polar surface area (TPSA) is 48.9 Å². The summed E-state index contributed by atoms with van der Waals surface area (Å²) in [5.41, 5.74) is 2.49. The van der Waals surface area contributed by atoms with Crippen LogP contribution in [-0.4, -0.2) is 44.7 Å². The van der Waals surface area contributed by atoms with Crippen molar-refractivity contribution in [2.45, 2.75) is 20.0 Å². The minimum absolute atomic E-state index is 0. The summed E-state index contributed by atoms with van der Waals surface area (Å²) < 4.78 is 5.19. The SMILES string of the molecule is CCNC(=NCc1ccc(OC)cc1)NCCN(C)Cc1ccccc1.I. The number of likely N-dealkylation sites (N-methyl/N-ethyl adjacent to an activating group) is 1. The zero-order valence-corrected chi connectivity index (χ0v) is 18.8. The van der Waals surface area contributed by atoms with Gasteiger partial charge in [-0.05, 0) is 37.2 Å². The van der Waals surface area contributed by atoms with Gasteiger partial charge in [-0.3, -0.25) is 0 Å². The molecule has 0 saturated carbocycles. The van der Waals surface area contributed by atoms with Crippen molar-refractivity contribution in [3.8, 4) is 5.75 Å². The smallest absolute Gasteiger partial charge is 0.191 e. The highest BCUT2D eigenvalue weighted by Gasteiger charge is 2.02. The molecule has 2 N–H and O–H groups in total. The second-order valence-corrected chi connectivity index (χ2v) is 6.19. The lowest BCUT2D eigenvalue weighted by molar-refractivity contribution is 0.331. The van der Waals surface area contributed by atoms with Gasteiger partial charge in [0.15, 0.2) is 5.96 Å². The van der Waals surface area contributed by atoms with Crippen LogP contribution in [0.2, 0.25) is 0 Å². The van der Waals surface area contributed by atoms with E-state index in [4.69, 9.17) is 4.74 Å². The van der Waals surface area contributed by atoms with E-state index in [-0.39, 0.29) is 24.0 Å². The molecule has 0 aliphatic rings. The van der Waals surface area contributed by atoms with E-state index < -0.39 is 0 Å². The molecule has 0 atom stereocenters. The van der Waals surface area contributed by atoms with E-state index in [1.165, 1.54) is 5.56 Å². The Kier molecular flexibility index (Phi) is 11.5. The van der Waals surface area contributed by atoms with Crippen LogP contribution in [0.3, 0.4) is 0 Å². The fourth-order valence-corrected chi connectivity index (χ4v) is 2.58. The van der Waals surface area contributed by atoms with Gasteiger partial charge in [-0.15, -0.1) is 24.0 Å². The first kappa shape index (κ1) is 23.2. The third-order valence-electron chi connectivity index (χ3n) is 4.00. The van der Waals surface area contributed by atoms with Crippen LogP contribution in [0.4, 0.5) is 0 Å². The summed E-state index contributed by atoms with van der Waals surface area (Å²) in [5.74, 6) is 1.71. The number of nitrogens with one attached hydrogen (secondary N) is 2. The second-order valence-electron chi connectivity index (χ2n) is 6.19. The Labute approximate surface area is 180 Å². The average Bonchev–Trinajstić information content (AvgIpc) is 2.67. The molecule has 148 valence electrons. The highest BCUT2D eigenvalue weighted by Crippen LogP contribution is 2.11. The molecule has 0 aliphatic carbocycles. The average molecular weight is 482 g/mol. The van der Waals surface area contributed by atoms with Crippen LogP contribution < -0.4 is 15.4 Å². The quantitative estimate of drug-likeness (QED) is 0.327. The Hall–Kier alpha value is -1.80. The first-order chi connectivity index (χ1) is 12.7. The van der Waals surface area contributed by atoms with Crippen LogP contribution in [0.1, 0.15) is 18.1 Å². The van der Waals surface area contributed by atoms with Crippen LogP contribution in [0.5, 0.6) is 5.75 Å². The highest BCUT2D eigenvalue weighted by atomic mass is 127. The Morgan fingerprint density at radius 2 is 1.70 bits per heavy atom. The molecule has 0 unspecified atom stereocenters. The van der Waals surface area contributed by atoms with E-state index in [0.29, 0.717) is 6.54 Å². The van der Waals surface area contributed by atoms with Gasteiger partial charge in [0.2, 0.25) is 0 Å². The van der Waals surface area contributed by atoms with Gasteiger partial charge in [-0.1, -0.05) is 42.5 Å². The number of halogens is 1. The van der Waals surface area contributed by atoms with Crippen molar-refractivity contribution in [1.82, 2.24) is 15.5 Å². The van der Waals surface area contributed by atoms with Crippen LogP contribution in [0, 0.1) is 0 Å². The van der Waals surface area contributed by atoms with E-state index >= 15 is 0 Å². The van der Waals surface area contributed by atoms with Crippen LogP contribution in [0.25, 0.3) is 0 Å². The third-order valence-corrected chi connectivity index (χ3v) is 4.00. The van der Waals surface area contributed by atoms with Gasteiger partial charge < -0.3 is 20.3 Å². The van der Waals surface area contributed by atoms with E-state index in [0.717, 1.165) is 43.5 Å². The van der Waals surface area contributed by atoms with Gasteiger partial charge in [-0.25, -0.2) is 4.99 Å². The molecule has 0 aromatic heterocycles. The molecule has 2 aromatic rings. The fraction of sp³-hybridized carbons (Fsp3) is 0.381. The van der Waals surface area contributed by atoms with Crippen molar-refractivity contribution in [1.29, 1.82) is 0 Å². The molecular formula is C21H31IN4O. The summed E-state index contributed by atoms with van der Waals surface area (Å²) in [7, 11) is 3.81. The van der Waals surface area contributed by atoms with Gasteiger partial charge in [0.25, 0.3) is 0 Å². The van der Waals surface area contributed by atoms with E-state index in [9.17, 15) is 0 Å². The predicted octanol–water partition coefficient (Wildman–Crippen LogP) is 3.50. The Balaban J connectivity index is 0.00000364. The lowest BCUT2D eigenvalue weighted by atomic mass is 10.2. The monoisotopic (exact) mass is 482 g/mol. The molecule has 0 radical (unpaired) electrons. The van der Waals surface area contributed by atoms with Crippen molar-refractivity contribution >= 4 is 29.9 Å². The summed E-state index contributed by atoms with van der Waals surface area (Å²) in [6.45, 7) is 6.29.